The molecule has 0 radical (unpaired) electrons. The molecule has 1 aromatic carbocycles. The highest BCUT2D eigenvalue weighted by atomic mass is 32.2. The van der Waals surface area contributed by atoms with Gasteiger partial charge in [0.1, 0.15) is 11.4 Å². The van der Waals surface area contributed by atoms with Crippen molar-refractivity contribution in [3.05, 3.63) is 47.5 Å². The molecular formula is C12H11FN2O3S. The number of aromatic carboxylic acids is 1. The van der Waals surface area contributed by atoms with Gasteiger partial charge in [-0.2, -0.15) is 5.10 Å². The van der Waals surface area contributed by atoms with Gasteiger partial charge in [-0.15, -0.1) is 0 Å². The van der Waals surface area contributed by atoms with Crippen LogP contribution in [0, 0.1) is 5.82 Å². The van der Waals surface area contributed by atoms with Gasteiger partial charge in [0.25, 0.3) is 0 Å². The zero-order valence-electron chi connectivity index (χ0n) is 10.0. The van der Waals surface area contributed by atoms with Crippen molar-refractivity contribution in [1.29, 1.82) is 0 Å². The predicted octanol–water partition coefficient (Wildman–Crippen LogP) is 1.57. The van der Waals surface area contributed by atoms with E-state index in [1.165, 1.54) is 35.1 Å². The molecule has 2 aromatic rings. The van der Waals surface area contributed by atoms with Gasteiger partial charge >= 0.3 is 5.97 Å². The van der Waals surface area contributed by atoms with E-state index in [0.29, 0.717) is 10.6 Å². The van der Waals surface area contributed by atoms with Crippen LogP contribution in [-0.2, 0) is 23.6 Å². The molecule has 0 aliphatic carbocycles. The summed E-state index contributed by atoms with van der Waals surface area (Å²) in [5.41, 5.74) is 0.349. The van der Waals surface area contributed by atoms with Crippen LogP contribution in [-0.4, -0.2) is 25.1 Å². The number of carbonyl (C=O) groups is 1. The zero-order chi connectivity index (χ0) is 14.0. The molecule has 0 saturated heterocycles. The normalized spacial score (nSPS) is 12.3. The Labute approximate surface area is 111 Å². The summed E-state index contributed by atoms with van der Waals surface area (Å²) in [4.78, 5) is 11.3. The third kappa shape index (κ3) is 2.87. The lowest BCUT2D eigenvalue weighted by Crippen LogP contribution is -2.08. The average Bonchev–Trinajstić information content (AvgIpc) is 2.71. The molecule has 7 heteroatoms. The van der Waals surface area contributed by atoms with Gasteiger partial charge in [0, 0.05) is 11.9 Å². The van der Waals surface area contributed by atoms with Crippen molar-refractivity contribution >= 4 is 16.8 Å². The lowest BCUT2D eigenvalue weighted by Gasteiger charge is -2.05. The van der Waals surface area contributed by atoms with Crippen molar-refractivity contribution in [2.45, 2.75) is 10.6 Å². The molecule has 5 nitrogen and oxygen atoms in total. The predicted molar refractivity (Wildman–Crippen MR) is 66.7 cm³/mol. The highest BCUT2D eigenvalue weighted by molar-refractivity contribution is 7.84. The van der Waals surface area contributed by atoms with E-state index in [0.717, 1.165) is 0 Å². The van der Waals surface area contributed by atoms with Crippen LogP contribution in [0.2, 0.25) is 0 Å². The molecule has 1 aromatic heterocycles. The molecule has 0 spiro atoms. The number of hydrogen-bond donors (Lipinski definition) is 1. The fourth-order valence-corrected chi connectivity index (χ4v) is 2.86. The summed E-state index contributed by atoms with van der Waals surface area (Å²) >= 11 is 0. The minimum atomic E-state index is -1.52. The van der Waals surface area contributed by atoms with Gasteiger partial charge in [-0.1, -0.05) is 6.07 Å². The third-order valence-corrected chi connectivity index (χ3v) is 3.93. The van der Waals surface area contributed by atoms with E-state index >= 15 is 0 Å². The second kappa shape index (κ2) is 5.31. The monoisotopic (exact) mass is 282 g/mol. The number of nitrogens with zero attached hydrogens (tertiary/aromatic N) is 2. The molecule has 0 amide bonds. The lowest BCUT2D eigenvalue weighted by molar-refractivity contribution is 0.0696. The molecule has 1 unspecified atom stereocenters. The molecule has 0 fully saturated rings. The summed E-state index contributed by atoms with van der Waals surface area (Å²) in [6, 6.07) is 5.43. The van der Waals surface area contributed by atoms with Crippen LogP contribution >= 0.6 is 0 Å². The Bertz CT molecular complexity index is 654. The largest absolute Gasteiger partial charge is 0.478 e. The summed E-state index contributed by atoms with van der Waals surface area (Å²) in [7, 11) is 0.0496. The van der Waals surface area contributed by atoms with Crippen molar-refractivity contribution in [2.75, 3.05) is 0 Å². The van der Waals surface area contributed by atoms with Gasteiger partial charge in [0.15, 0.2) is 0 Å². The van der Waals surface area contributed by atoms with Crippen LogP contribution < -0.4 is 0 Å². The Morgan fingerprint density at radius 1 is 1.53 bits per heavy atom. The van der Waals surface area contributed by atoms with Gasteiger partial charge in [-0.3, -0.25) is 8.89 Å². The van der Waals surface area contributed by atoms with E-state index in [2.05, 4.69) is 5.10 Å². The van der Waals surface area contributed by atoms with Crippen molar-refractivity contribution < 1.29 is 18.5 Å². The van der Waals surface area contributed by atoms with Crippen LogP contribution in [0.3, 0.4) is 0 Å². The van der Waals surface area contributed by atoms with E-state index in [9.17, 15) is 13.4 Å². The molecule has 2 rings (SSSR count). The number of aryl methyl sites for hydroxylation is 1. The number of carboxylic acids is 1. The summed E-state index contributed by atoms with van der Waals surface area (Å²) in [6.07, 6.45) is 1.21. The first kappa shape index (κ1) is 13.4. The zero-order valence-corrected chi connectivity index (χ0v) is 10.9. The standard InChI is InChI=1S/C12H11FN2O3S/c1-15-11(10(6-14-15)12(16)17)7-19(18)9-4-2-3-8(13)5-9/h2-6H,7H2,1H3,(H,16,17). The van der Waals surface area contributed by atoms with E-state index in [4.69, 9.17) is 5.11 Å². The Kier molecular flexibility index (Phi) is 3.75. The van der Waals surface area contributed by atoms with Crippen LogP contribution in [0.5, 0.6) is 0 Å². The van der Waals surface area contributed by atoms with Crippen molar-refractivity contribution in [3.63, 3.8) is 0 Å². The Hall–Kier alpha value is -2.02. The number of benzene rings is 1. The molecule has 1 N–H and O–H groups in total. The highest BCUT2D eigenvalue weighted by Gasteiger charge is 2.18. The first-order valence-electron chi connectivity index (χ1n) is 5.37. The fourth-order valence-electron chi connectivity index (χ4n) is 1.63. The first-order valence-corrected chi connectivity index (χ1v) is 6.69. The first-order chi connectivity index (χ1) is 8.99. The summed E-state index contributed by atoms with van der Waals surface area (Å²) in [5, 5.41) is 12.8. The molecule has 1 atom stereocenters. The van der Waals surface area contributed by atoms with Crippen LogP contribution in [0.15, 0.2) is 35.4 Å². The van der Waals surface area contributed by atoms with E-state index < -0.39 is 22.6 Å². The Balaban J connectivity index is 2.29. The lowest BCUT2D eigenvalue weighted by atomic mass is 10.3. The SMILES string of the molecule is Cn1ncc(C(=O)O)c1CS(=O)c1cccc(F)c1. The minimum absolute atomic E-state index is 0.00672. The number of hydrogen-bond acceptors (Lipinski definition) is 3. The Morgan fingerprint density at radius 3 is 2.89 bits per heavy atom. The summed E-state index contributed by atoms with van der Waals surface area (Å²) in [5.74, 6) is -1.63. The van der Waals surface area contributed by atoms with Gasteiger partial charge in [-0.05, 0) is 18.2 Å². The fraction of sp³-hybridized carbons (Fsp3) is 0.167. The number of halogens is 1. The van der Waals surface area contributed by atoms with Gasteiger partial charge in [0.05, 0.1) is 28.4 Å². The van der Waals surface area contributed by atoms with Crippen molar-refractivity contribution in [2.24, 2.45) is 7.05 Å². The van der Waals surface area contributed by atoms with Crippen LogP contribution in [0.4, 0.5) is 4.39 Å². The topological polar surface area (TPSA) is 72.2 Å². The Morgan fingerprint density at radius 2 is 2.26 bits per heavy atom. The van der Waals surface area contributed by atoms with E-state index in [1.807, 2.05) is 0 Å². The second-order valence-corrected chi connectivity index (χ2v) is 5.33. The number of aromatic nitrogens is 2. The molecule has 0 aliphatic rings. The number of carboxylic acid groups (broad SMARTS) is 1. The quantitative estimate of drug-likeness (QED) is 0.923. The third-order valence-electron chi connectivity index (χ3n) is 2.62. The maximum absolute atomic E-state index is 13.0. The van der Waals surface area contributed by atoms with Gasteiger partial charge < -0.3 is 5.11 Å². The van der Waals surface area contributed by atoms with E-state index in [-0.39, 0.29) is 11.3 Å². The molecule has 19 heavy (non-hydrogen) atoms. The summed E-state index contributed by atoms with van der Waals surface area (Å²) < 4.78 is 26.5. The van der Waals surface area contributed by atoms with Crippen LogP contribution in [0.25, 0.3) is 0 Å². The summed E-state index contributed by atoms with van der Waals surface area (Å²) in [6.45, 7) is 0. The number of rotatable bonds is 4. The maximum Gasteiger partial charge on any atom is 0.339 e. The minimum Gasteiger partial charge on any atom is -0.478 e. The molecular weight excluding hydrogens is 271 g/mol. The second-order valence-electron chi connectivity index (χ2n) is 3.88. The van der Waals surface area contributed by atoms with Gasteiger partial charge in [-0.25, -0.2) is 9.18 Å². The molecule has 0 aliphatic heterocycles. The van der Waals surface area contributed by atoms with Gasteiger partial charge in [0.2, 0.25) is 0 Å². The van der Waals surface area contributed by atoms with Crippen LogP contribution in [0.1, 0.15) is 16.1 Å². The average molecular weight is 282 g/mol. The molecule has 0 bridgehead atoms. The smallest absolute Gasteiger partial charge is 0.339 e. The van der Waals surface area contributed by atoms with E-state index in [1.54, 1.807) is 7.05 Å². The van der Waals surface area contributed by atoms with Crippen molar-refractivity contribution in [3.8, 4) is 0 Å². The molecule has 100 valence electrons. The highest BCUT2D eigenvalue weighted by Crippen LogP contribution is 2.16. The van der Waals surface area contributed by atoms with Crippen molar-refractivity contribution in [1.82, 2.24) is 9.78 Å². The maximum atomic E-state index is 13.0. The molecule has 1 heterocycles. The molecule has 0 saturated carbocycles.